The van der Waals surface area contributed by atoms with E-state index >= 15 is 0 Å². The molecule has 29 heavy (non-hydrogen) atoms. The van der Waals surface area contributed by atoms with Crippen LogP contribution in [0, 0.1) is 10.1 Å². The van der Waals surface area contributed by atoms with Crippen LogP contribution in [-0.2, 0) is 21.2 Å². The number of carbonyl (C=O) groups excluding carboxylic acids is 1. The molecule has 0 saturated carbocycles. The Balaban J connectivity index is 1.59. The third kappa shape index (κ3) is 4.99. The number of sulfone groups is 1. The molecular formula is C20H24N3O5S+. The summed E-state index contributed by atoms with van der Waals surface area (Å²) in [6, 6.07) is 14.6. The fourth-order valence-electron chi connectivity index (χ4n) is 3.52. The zero-order valence-corrected chi connectivity index (χ0v) is 16.9. The quantitative estimate of drug-likeness (QED) is 0.509. The summed E-state index contributed by atoms with van der Waals surface area (Å²) in [5.41, 5.74) is 1.03. The van der Waals surface area contributed by atoms with Gasteiger partial charge >= 0.3 is 0 Å². The summed E-state index contributed by atoms with van der Waals surface area (Å²) in [5.74, 6) is -0.547. The Morgan fingerprint density at radius 2 is 1.86 bits per heavy atom. The van der Waals surface area contributed by atoms with Crippen molar-refractivity contribution in [1.29, 1.82) is 0 Å². The van der Waals surface area contributed by atoms with Crippen LogP contribution < -0.4 is 10.2 Å². The van der Waals surface area contributed by atoms with Crippen molar-refractivity contribution in [2.75, 3.05) is 13.1 Å². The number of nitrogens with zero attached hydrogens (tertiary/aromatic N) is 1. The lowest BCUT2D eigenvalue weighted by molar-refractivity contribution is -0.901. The molecule has 154 valence electrons. The first-order valence-corrected chi connectivity index (χ1v) is 11.0. The molecule has 0 aliphatic carbocycles. The monoisotopic (exact) mass is 418 g/mol. The van der Waals surface area contributed by atoms with Gasteiger partial charge in [0.05, 0.1) is 29.0 Å². The van der Waals surface area contributed by atoms with Crippen molar-refractivity contribution in [2.45, 2.75) is 36.1 Å². The number of quaternary nitrogens is 1. The normalized spacial score (nSPS) is 20.2. The first-order valence-electron chi connectivity index (χ1n) is 9.43. The van der Waals surface area contributed by atoms with Gasteiger partial charge in [-0.15, -0.1) is 0 Å². The predicted octanol–water partition coefficient (Wildman–Crippen LogP) is 0.731. The van der Waals surface area contributed by atoms with Crippen LogP contribution in [0.2, 0.25) is 0 Å². The molecule has 1 fully saturated rings. The summed E-state index contributed by atoms with van der Waals surface area (Å²) >= 11 is 0. The van der Waals surface area contributed by atoms with Crippen LogP contribution >= 0.6 is 0 Å². The number of nitrogens with one attached hydrogen (secondary N) is 2. The first-order chi connectivity index (χ1) is 13.8. The zero-order chi connectivity index (χ0) is 21.0. The van der Waals surface area contributed by atoms with Gasteiger partial charge in [-0.05, 0) is 19.1 Å². The van der Waals surface area contributed by atoms with Crippen molar-refractivity contribution in [2.24, 2.45) is 0 Å². The zero-order valence-electron chi connectivity index (χ0n) is 16.1. The van der Waals surface area contributed by atoms with Crippen molar-refractivity contribution in [3.63, 3.8) is 0 Å². The molecule has 2 aromatic rings. The average Bonchev–Trinajstić information content (AvgIpc) is 3.14. The highest BCUT2D eigenvalue weighted by Gasteiger charge is 2.34. The number of non-ortho nitro benzene ring substituents is 1. The molecule has 9 heteroatoms. The molecule has 2 N–H and O–H groups in total. The van der Waals surface area contributed by atoms with Crippen molar-refractivity contribution >= 4 is 21.4 Å². The molecule has 3 atom stereocenters. The molecule has 1 unspecified atom stereocenters. The maximum Gasteiger partial charge on any atom is 0.269 e. The lowest BCUT2D eigenvalue weighted by Crippen LogP contribution is -3.09. The number of nitro benzene ring substituents is 1. The molecule has 1 aliphatic heterocycles. The number of likely N-dealkylation sites (tertiary alicyclic amines) is 1. The highest BCUT2D eigenvalue weighted by molar-refractivity contribution is 7.92. The predicted molar refractivity (Wildman–Crippen MR) is 107 cm³/mol. The van der Waals surface area contributed by atoms with Gasteiger partial charge < -0.3 is 10.2 Å². The van der Waals surface area contributed by atoms with Gasteiger partial charge in [-0.2, -0.15) is 0 Å². The summed E-state index contributed by atoms with van der Waals surface area (Å²) < 4.78 is 25.4. The largest absolute Gasteiger partial charge is 0.346 e. The Morgan fingerprint density at radius 1 is 1.21 bits per heavy atom. The van der Waals surface area contributed by atoms with Gasteiger partial charge in [-0.1, -0.05) is 30.3 Å². The van der Waals surface area contributed by atoms with E-state index in [1.54, 1.807) is 0 Å². The number of benzene rings is 2. The summed E-state index contributed by atoms with van der Waals surface area (Å²) in [6.45, 7) is 3.85. The van der Waals surface area contributed by atoms with Crippen LogP contribution in [-0.4, -0.2) is 43.6 Å². The van der Waals surface area contributed by atoms with E-state index in [1.807, 2.05) is 18.2 Å². The molecule has 1 saturated heterocycles. The van der Waals surface area contributed by atoms with E-state index in [2.05, 4.69) is 17.4 Å². The minimum Gasteiger partial charge on any atom is -0.346 e. The van der Waals surface area contributed by atoms with Crippen LogP contribution in [0.5, 0.6) is 0 Å². The number of nitro groups is 1. The van der Waals surface area contributed by atoms with Crippen LogP contribution in [0.15, 0.2) is 59.5 Å². The second-order valence-corrected chi connectivity index (χ2v) is 9.57. The van der Waals surface area contributed by atoms with Gasteiger partial charge in [0.1, 0.15) is 11.8 Å². The van der Waals surface area contributed by atoms with Crippen LogP contribution in [0.4, 0.5) is 5.69 Å². The highest BCUT2D eigenvalue weighted by atomic mass is 32.2. The number of carbonyl (C=O) groups is 1. The second kappa shape index (κ2) is 8.71. The summed E-state index contributed by atoms with van der Waals surface area (Å²) in [5, 5.41) is 12.3. The Kier molecular flexibility index (Phi) is 6.29. The van der Waals surface area contributed by atoms with Crippen LogP contribution in [0.3, 0.4) is 0 Å². The van der Waals surface area contributed by atoms with Crippen molar-refractivity contribution < 1.29 is 23.0 Å². The van der Waals surface area contributed by atoms with Gasteiger partial charge in [-0.3, -0.25) is 14.9 Å². The molecule has 0 aromatic heterocycles. The highest BCUT2D eigenvalue weighted by Crippen LogP contribution is 2.20. The van der Waals surface area contributed by atoms with Gasteiger partial charge in [0.15, 0.2) is 9.84 Å². The molecule has 1 aliphatic rings. The molecule has 0 bridgehead atoms. The lowest BCUT2D eigenvalue weighted by atomic mass is 10.2. The first kappa shape index (κ1) is 20.9. The average molecular weight is 418 g/mol. The van der Waals surface area contributed by atoms with E-state index < -0.39 is 25.9 Å². The summed E-state index contributed by atoms with van der Waals surface area (Å²) in [6.07, 6.45) is 0.790. The van der Waals surface area contributed by atoms with E-state index in [9.17, 15) is 23.3 Å². The minimum absolute atomic E-state index is 0.0734. The second-order valence-electron chi connectivity index (χ2n) is 7.30. The smallest absolute Gasteiger partial charge is 0.269 e. The summed E-state index contributed by atoms with van der Waals surface area (Å²) in [7, 11) is -3.93. The molecule has 0 spiro atoms. The maximum atomic E-state index is 12.7. The fourth-order valence-corrected chi connectivity index (χ4v) is 4.79. The van der Waals surface area contributed by atoms with Crippen molar-refractivity contribution in [3.05, 3.63) is 70.3 Å². The molecule has 1 amide bonds. The van der Waals surface area contributed by atoms with Crippen LogP contribution in [0.25, 0.3) is 0 Å². The number of amides is 1. The van der Waals surface area contributed by atoms with Crippen LogP contribution in [0.1, 0.15) is 18.9 Å². The van der Waals surface area contributed by atoms with E-state index in [0.717, 1.165) is 38.2 Å². The lowest BCUT2D eigenvalue weighted by Gasteiger charge is -2.17. The van der Waals surface area contributed by atoms with Gasteiger partial charge in [0.2, 0.25) is 5.91 Å². The molecule has 1 heterocycles. The van der Waals surface area contributed by atoms with E-state index in [4.69, 9.17) is 0 Å². The van der Waals surface area contributed by atoms with E-state index in [1.165, 1.54) is 29.5 Å². The van der Waals surface area contributed by atoms with Gasteiger partial charge in [-0.25, -0.2) is 8.42 Å². The van der Waals surface area contributed by atoms with E-state index in [-0.39, 0.29) is 16.6 Å². The Bertz CT molecular complexity index is 977. The number of hydrogen-bond donors (Lipinski definition) is 2. The topological polar surface area (TPSA) is 111 Å². The summed E-state index contributed by atoms with van der Waals surface area (Å²) in [4.78, 5) is 23.9. The number of hydrogen-bond acceptors (Lipinski definition) is 5. The Hall–Kier alpha value is -2.78. The SMILES string of the molecule is C[C@H](C(=O)N[C@H]1CC[NH+](Cc2ccccc2)C1)S(=O)(=O)c1ccc([N+](=O)[O-])cc1. The molecule has 8 nitrogen and oxygen atoms in total. The molecule has 0 radical (unpaired) electrons. The molecule has 3 rings (SSSR count). The minimum atomic E-state index is -3.93. The molecular weight excluding hydrogens is 394 g/mol. The Morgan fingerprint density at radius 3 is 2.48 bits per heavy atom. The van der Waals surface area contributed by atoms with Crippen molar-refractivity contribution in [1.82, 2.24) is 5.32 Å². The van der Waals surface area contributed by atoms with Gasteiger partial charge in [0, 0.05) is 24.1 Å². The fraction of sp³-hybridized carbons (Fsp3) is 0.350. The number of rotatable bonds is 7. The maximum absolute atomic E-state index is 12.7. The van der Waals surface area contributed by atoms with E-state index in [0.29, 0.717) is 0 Å². The third-order valence-corrected chi connectivity index (χ3v) is 7.31. The third-order valence-electron chi connectivity index (χ3n) is 5.24. The molecule has 2 aromatic carbocycles. The van der Waals surface area contributed by atoms with Crippen molar-refractivity contribution in [3.8, 4) is 0 Å². The Labute approximate surface area is 169 Å². The standard InChI is InChI=1S/C20H23N3O5S/c1-15(29(27,28)19-9-7-18(8-10-19)23(25)26)20(24)21-17-11-12-22(14-17)13-16-5-3-2-4-6-16/h2-10,15,17H,11-14H2,1H3,(H,21,24)/p+1/t15-,17+/m1/s1. The van der Waals surface area contributed by atoms with Gasteiger partial charge in [0.25, 0.3) is 5.69 Å².